The molecule has 0 spiro atoms. The quantitative estimate of drug-likeness (QED) is 0.467. The Labute approximate surface area is 235 Å². The molecule has 5 rings (SSSR count). The van der Waals surface area contributed by atoms with Crippen molar-refractivity contribution in [3.63, 3.8) is 0 Å². The number of carbonyl (C=O) groups excluding carboxylic acids is 2. The maximum Gasteiger partial charge on any atom is 0.410 e. The van der Waals surface area contributed by atoms with Gasteiger partial charge >= 0.3 is 6.09 Å². The highest BCUT2D eigenvalue weighted by atomic mass is 16.5. The third-order valence-electron chi connectivity index (χ3n) is 8.52. The van der Waals surface area contributed by atoms with E-state index in [1.807, 2.05) is 6.07 Å². The molecule has 2 saturated heterocycles. The smallest absolute Gasteiger partial charge is 0.410 e. The highest BCUT2D eigenvalue weighted by Crippen LogP contribution is 2.57. The number of aliphatic hydroxyl groups is 1. The molecule has 0 radical (unpaired) electrons. The van der Waals surface area contributed by atoms with Gasteiger partial charge in [-0.15, -0.1) is 0 Å². The second kappa shape index (κ2) is 9.37. The number of anilines is 1. The summed E-state index contributed by atoms with van der Waals surface area (Å²) in [7, 11) is 1.26. The fourth-order valence-corrected chi connectivity index (χ4v) is 6.53. The minimum Gasteiger partial charge on any atom is -0.453 e. The van der Waals surface area contributed by atoms with Crippen LogP contribution in [-0.4, -0.2) is 50.2 Å². The maximum absolute atomic E-state index is 13.1. The topological polar surface area (TPSA) is 131 Å². The molecule has 3 N–H and O–H groups in total. The van der Waals surface area contributed by atoms with Crippen molar-refractivity contribution >= 4 is 17.7 Å². The molecule has 9 nitrogen and oxygen atoms in total. The summed E-state index contributed by atoms with van der Waals surface area (Å²) < 4.78 is 41.3. The lowest BCUT2D eigenvalue weighted by molar-refractivity contribution is -0.106. The van der Waals surface area contributed by atoms with Gasteiger partial charge < -0.3 is 20.1 Å². The Bertz CT molecular complexity index is 1490. The first-order valence-corrected chi connectivity index (χ1v) is 13.2. The number of carbonyl (C=O) groups is 2. The molecule has 3 heterocycles. The van der Waals surface area contributed by atoms with Crippen LogP contribution < -0.4 is 5.32 Å². The molecule has 7 atom stereocenters. The molecule has 1 saturated carbocycles. The van der Waals surface area contributed by atoms with E-state index in [-0.39, 0.29) is 29.8 Å². The highest BCUT2D eigenvalue weighted by molar-refractivity contribution is 6.02. The van der Waals surface area contributed by atoms with Gasteiger partial charge in [0.25, 0.3) is 5.91 Å². The number of nitrogens with one attached hydrogen (secondary N) is 2. The molecule has 2 amide bonds. The van der Waals surface area contributed by atoms with Gasteiger partial charge in [-0.2, -0.15) is 5.26 Å². The number of rotatable bonds is 4. The molecule has 3 aliphatic rings. The monoisotopic (exact) mass is 537 g/mol. The van der Waals surface area contributed by atoms with Gasteiger partial charge in [-0.25, -0.2) is 9.78 Å². The van der Waals surface area contributed by atoms with E-state index in [2.05, 4.69) is 29.1 Å². The lowest BCUT2D eigenvalue weighted by atomic mass is 9.69. The van der Waals surface area contributed by atoms with Crippen LogP contribution >= 0.6 is 0 Å². The number of imidazole rings is 1. The molecule has 1 aromatic heterocycles. The van der Waals surface area contributed by atoms with Gasteiger partial charge in [-0.3, -0.25) is 9.69 Å². The number of H-pyrrole nitrogens is 1. The number of methoxy groups -OCH3 is 1. The van der Waals surface area contributed by atoms with Crippen molar-refractivity contribution in [3.8, 4) is 6.07 Å². The Balaban J connectivity index is 1.60. The van der Waals surface area contributed by atoms with E-state index in [0.717, 1.165) is 0 Å². The van der Waals surface area contributed by atoms with Crippen LogP contribution in [0.1, 0.15) is 118 Å². The van der Waals surface area contributed by atoms with E-state index in [1.165, 1.54) is 18.2 Å². The Kier molecular flexibility index (Phi) is 5.39. The summed E-state index contributed by atoms with van der Waals surface area (Å²) >= 11 is 0. The van der Waals surface area contributed by atoms with Crippen molar-refractivity contribution in [1.29, 1.82) is 5.26 Å². The molecule has 1 aromatic carbocycles. The molecule has 6 unspecified atom stereocenters. The van der Waals surface area contributed by atoms with E-state index in [9.17, 15) is 16.1 Å². The SMILES string of the molecule is [2H]C1CC(C)(C)CCC1([2H])c1cc(C2(O)CC3(C)C([2H])C([2H])[C@@](C)(C2)N3C(=O)OC)ccc1NC(=O)c1ncc(C#N)[nH]1. The summed E-state index contributed by atoms with van der Waals surface area (Å²) in [4.78, 5) is 34.1. The van der Waals surface area contributed by atoms with E-state index in [1.54, 1.807) is 32.0 Å². The van der Waals surface area contributed by atoms with Gasteiger partial charge in [0.2, 0.25) is 0 Å². The molecule has 2 bridgehead atoms. The maximum atomic E-state index is 13.1. The first-order valence-electron chi connectivity index (χ1n) is 15.5. The number of hydrogen-bond donors (Lipinski definition) is 3. The first kappa shape index (κ1) is 22.4. The van der Waals surface area contributed by atoms with Crippen molar-refractivity contribution < 1.29 is 24.9 Å². The third-order valence-corrected chi connectivity index (χ3v) is 8.52. The number of ether oxygens (including phenoxy) is 1. The van der Waals surface area contributed by atoms with Gasteiger partial charge in [-0.05, 0) is 80.8 Å². The van der Waals surface area contributed by atoms with Gasteiger partial charge in [0.15, 0.2) is 5.82 Å². The fraction of sp³-hybridized carbons (Fsp3) is 0.600. The lowest BCUT2D eigenvalue weighted by Crippen LogP contribution is -2.63. The molecule has 208 valence electrons. The third kappa shape index (κ3) is 4.80. The molecule has 2 aromatic rings. The summed E-state index contributed by atoms with van der Waals surface area (Å²) in [5.41, 5.74) is -2.92. The van der Waals surface area contributed by atoms with Gasteiger partial charge in [0.1, 0.15) is 11.8 Å². The van der Waals surface area contributed by atoms with E-state index < -0.39 is 53.8 Å². The van der Waals surface area contributed by atoms with Gasteiger partial charge in [0, 0.05) is 35.1 Å². The number of amides is 2. The van der Waals surface area contributed by atoms with Crippen molar-refractivity contribution in [2.45, 2.75) is 102 Å². The number of aromatic amines is 1. The van der Waals surface area contributed by atoms with Crippen LogP contribution in [0.2, 0.25) is 0 Å². The Hall–Kier alpha value is -3.38. The Morgan fingerprint density at radius 3 is 2.54 bits per heavy atom. The number of aromatic nitrogens is 2. The number of fused-ring (bicyclic) bond motifs is 2. The predicted molar refractivity (Wildman–Crippen MR) is 146 cm³/mol. The number of nitriles is 1. The lowest BCUT2D eigenvalue weighted by Gasteiger charge is -2.53. The van der Waals surface area contributed by atoms with E-state index >= 15 is 0 Å². The summed E-state index contributed by atoms with van der Waals surface area (Å²) in [5.74, 6) is -2.11. The van der Waals surface area contributed by atoms with Crippen molar-refractivity contribution in [2.24, 2.45) is 5.41 Å². The van der Waals surface area contributed by atoms with Crippen molar-refractivity contribution in [3.05, 3.63) is 47.0 Å². The second-order valence-corrected chi connectivity index (χ2v) is 12.3. The minimum atomic E-state index is -1.58. The number of hydrogen-bond acceptors (Lipinski definition) is 6. The molecule has 3 fully saturated rings. The van der Waals surface area contributed by atoms with Gasteiger partial charge in [0.05, 0.1) is 18.9 Å². The number of benzene rings is 1. The van der Waals surface area contributed by atoms with Crippen molar-refractivity contribution in [1.82, 2.24) is 14.9 Å². The Morgan fingerprint density at radius 2 is 1.95 bits per heavy atom. The molecule has 9 heteroatoms. The normalized spacial score (nSPS) is 40.4. The molecule has 39 heavy (non-hydrogen) atoms. The summed E-state index contributed by atoms with van der Waals surface area (Å²) in [6, 6.07) is 6.82. The predicted octanol–water partition coefficient (Wildman–Crippen LogP) is 5.58. The average molecular weight is 538 g/mol. The van der Waals surface area contributed by atoms with Crippen LogP contribution in [0.4, 0.5) is 10.5 Å². The fourth-order valence-electron chi connectivity index (χ4n) is 6.53. The zero-order valence-corrected chi connectivity index (χ0v) is 23.1. The van der Waals surface area contributed by atoms with Gasteiger partial charge in [-0.1, -0.05) is 26.0 Å². The number of nitrogens with zero attached hydrogens (tertiary/aromatic N) is 3. The van der Waals surface area contributed by atoms with Crippen LogP contribution in [0.25, 0.3) is 0 Å². The highest BCUT2D eigenvalue weighted by Gasteiger charge is 2.62. The standard InChI is InChI=1S/C30H39N5O4/c1-27(2)10-8-19(9-11-27)22-14-20(6-7-23(22)34-25(36)24-32-16-21(15-31)33-24)30(38)17-28(3)12-13-29(4,18-30)35(28)26(37)39-5/h6-7,14,16,19,38H,8-13,17-18H2,1-5H3,(H,32,33)(H,34,36)/t28-,29?,30?/m0/s1/i8D,12D,13D,19D/t8?,12?,13?,19?,28-,29?,30?. The average Bonchev–Trinajstić information content (AvgIpc) is 3.46. The second-order valence-electron chi connectivity index (χ2n) is 12.3. The van der Waals surface area contributed by atoms with E-state index in [4.69, 9.17) is 14.1 Å². The van der Waals surface area contributed by atoms with E-state index in [0.29, 0.717) is 36.1 Å². The summed E-state index contributed by atoms with van der Waals surface area (Å²) in [5, 5.41) is 24.2. The van der Waals surface area contributed by atoms with Crippen LogP contribution in [0.3, 0.4) is 0 Å². The molecular weight excluding hydrogens is 494 g/mol. The molecular formula is C30H39N5O4. The molecule has 1 aliphatic carbocycles. The Morgan fingerprint density at radius 1 is 1.26 bits per heavy atom. The minimum absolute atomic E-state index is 0.0367. The largest absolute Gasteiger partial charge is 0.453 e. The summed E-state index contributed by atoms with van der Waals surface area (Å²) in [6.07, 6.45) is -0.805. The van der Waals surface area contributed by atoms with Crippen LogP contribution in [-0.2, 0) is 10.3 Å². The molecule has 2 aliphatic heterocycles. The van der Waals surface area contributed by atoms with Crippen LogP contribution in [0.15, 0.2) is 24.4 Å². The first-order chi connectivity index (χ1) is 19.9. The van der Waals surface area contributed by atoms with Crippen LogP contribution in [0, 0.1) is 16.7 Å². The van der Waals surface area contributed by atoms with Crippen LogP contribution in [0.5, 0.6) is 0 Å². The van der Waals surface area contributed by atoms with Crippen molar-refractivity contribution in [2.75, 3.05) is 12.4 Å². The zero-order chi connectivity index (χ0) is 31.8. The zero-order valence-electron chi connectivity index (χ0n) is 27.1. The summed E-state index contributed by atoms with van der Waals surface area (Å²) in [6.45, 7) is 7.53. The number of piperidine rings is 1.